The summed E-state index contributed by atoms with van der Waals surface area (Å²) in [4.78, 5) is 5.07. The first kappa shape index (κ1) is 31.6. The Kier molecular flexibility index (Phi) is 8.53. The largest absolute Gasteiger partial charge is 0.315 e. The van der Waals surface area contributed by atoms with Crippen LogP contribution in [-0.2, 0) is 0 Å². The van der Waals surface area contributed by atoms with Crippen LogP contribution >= 0.6 is 0 Å². The van der Waals surface area contributed by atoms with Crippen LogP contribution in [0.25, 0.3) is 16.7 Å². The Morgan fingerprint density at radius 1 is 0.667 bits per heavy atom. The van der Waals surface area contributed by atoms with Gasteiger partial charge in [-0.15, -0.1) is 0 Å². The van der Waals surface area contributed by atoms with E-state index in [1.54, 1.807) is 0 Å². The Hall–Kier alpha value is -5.34. The number of allylic oxidation sites excluding steroid dienone is 12. The lowest BCUT2D eigenvalue weighted by molar-refractivity contribution is 0.507. The maximum absolute atomic E-state index is 2.55. The molecule has 2 nitrogen and oxygen atoms in total. The van der Waals surface area contributed by atoms with Gasteiger partial charge in [0.05, 0.1) is 0 Å². The van der Waals surface area contributed by atoms with Gasteiger partial charge in [-0.2, -0.15) is 0 Å². The molecule has 1 aliphatic heterocycles. The molecule has 0 radical (unpaired) electrons. The van der Waals surface area contributed by atoms with Gasteiger partial charge in [0, 0.05) is 40.1 Å². The van der Waals surface area contributed by atoms with E-state index < -0.39 is 0 Å². The van der Waals surface area contributed by atoms with Crippen LogP contribution in [-0.4, -0.2) is 4.90 Å². The molecule has 4 aromatic rings. The van der Waals surface area contributed by atoms with Crippen LogP contribution in [0.2, 0.25) is 0 Å². The Labute approximate surface area is 303 Å². The molecule has 9 rings (SSSR count). The molecule has 0 spiro atoms. The third-order valence-electron chi connectivity index (χ3n) is 11.5. The van der Waals surface area contributed by atoms with E-state index in [4.69, 9.17) is 0 Å². The molecule has 4 aliphatic carbocycles. The summed E-state index contributed by atoms with van der Waals surface area (Å²) < 4.78 is 0. The van der Waals surface area contributed by atoms with Crippen molar-refractivity contribution in [3.63, 3.8) is 0 Å². The fourth-order valence-electron chi connectivity index (χ4n) is 8.75. The Morgan fingerprint density at radius 3 is 2.20 bits per heavy atom. The average Bonchev–Trinajstić information content (AvgIpc) is 3.53. The molecule has 0 saturated carbocycles. The Balaban J connectivity index is 1.05. The van der Waals surface area contributed by atoms with E-state index >= 15 is 0 Å². The van der Waals surface area contributed by atoms with Gasteiger partial charge in [-0.1, -0.05) is 128 Å². The summed E-state index contributed by atoms with van der Waals surface area (Å²) in [6, 6.07) is 38.4. The van der Waals surface area contributed by atoms with Gasteiger partial charge in [0.1, 0.15) is 0 Å². The Bertz CT molecular complexity index is 2140. The quantitative estimate of drug-likeness (QED) is 0.182. The zero-order valence-corrected chi connectivity index (χ0v) is 29.6. The summed E-state index contributed by atoms with van der Waals surface area (Å²) in [5.74, 6) is 1.51. The summed E-state index contributed by atoms with van der Waals surface area (Å²) in [6.45, 7) is 2.33. The molecule has 51 heavy (non-hydrogen) atoms. The molecule has 2 heteroatoms. The molecule has 0 aromatic heterocycles. The topological polar surface area (TPSA) is 6.48 Å². The van der Waals surface area contributed by atoms with E-state index in [1.807, 2.05) is 0 Å². The fourth-order valence-corrected chi connectivity index (χ4v) is 8.75. The van der Waals surface area contributed by atoms with Gasteiger partial charge in [0.25, 0.3) is 0 Å². The van der Waals surface area contributed by atoms with E-state index in [9.17, 15) is 0 Å². The Morgan fingerprint density at radius 2 is 1.45 bits per heavy atom. The van der Waals surface area contributed by atoms with Crippen molar-refractivity contribution in [2.24, 2.45) is 5.92 Å². The normalized spacial score (nSPS) is 22.3. The summed E-state index contributed by atoms with van der Waals surface area (Å²) >= 11 is 0. The minimum absolute atomic E-state index is 0.341. The van der Waals surface area contributed by atoms with Crippen LogP contribution in [0, 0.1) is 5.92 Å². The van der Waals surface area contributed by atoms with Gasteiger partial charge >= 0.3 is 0 Å². The molecule has 0 amide bonds. The molecule has 0 bridgehead atoms. The van der Waals surface area contributed by atoms with Gasteiger partial charge in [-0.05, 0) is 127 Å². The second-order valence-corrected chi connectivity index (χ2v) is 14.8. The van der Waals surface area contributed by atoms with Crippen molar-refractivity contribution in [2.45, 2.75) is 63.7 Å². The van der Waals surface area contributed by atoms with Crippen LogP contribution < -0.4 is 4.90 Å². The van der Waals surface area contributed by atoms with Crippen molar-refractivity contribution in [2.75, 3.05) is 4.90 Å². The van der Waals surface area contributed by atoms with Crippen LogP contribution in [0.1, 0.15) is 80.4 Å². The second kappa shape index (κ2) is 13.8. The first-order valence-corrected chi connectivity index (χ1v) is 19.0. The van der Waals surface area contributed by atoms with Crippen molar-refractivity contribution in [1.82, 2.24) is 4.90 Å². The van der Waals surface area contributed by atoms with Crippen molar-refractivity contribution in [1.29, 1.82) is 0 Å². The zero-order valence-electron chi connectivity index (χ0n) is 29.6. The number of nitrogens with zero attached hydrogens (tertiary/aromatic N) is 2. The maximum Gasteiger partial charge on any atom is 0.0497 e. The van der Waals surface area contributed by atoms with Crippen LogP contribution in [0.15, 0.2) is 181 Å². The summed E-state index contributed by atoms with van der Waals surface area (Å²) in [7, 11) is 0. The SMILES string of the molecule is CC1C=C(N(C2=CCC3C(=C2)N(c2ccc(-c4ccc(C5CC=CCC5)cc4)cc2)c2ccccc23)C2=CC=C(c3ccccc3)CC2)C=CC1. The van der Waals surface area contributed by atoms with Crippen molar-refractivity contribution in [3.05, 3.63) is 197 Å². The van der Waals surface area contributed by atoms with Gasteiger partial charge in [0.2, 0.25) is 0 Å². The van der Waals surface area contributed by atoms with E-state index in [1.165, 1.54) is 80.4 Å². The molecule has 0 N–H and O–H groups in total. The number of hydrogen-bond acceptors (Lipinski definition) is 2. The van der Waals surface area contributed by atoms with E-state index in [-0.39, 0.29) is 0 Å². The minimum Gasteiger partial charge on any atom is -0.315 e. The number of anilines is 2. The fraction of sp³-hybridized carbons (Fsp3) is 0.224. The molecule has 0 fully saturated rings. The van der Waals surface area contributed by atoms with Gasteiger partial charge in [0.15, 0.2) is 0 Å². The molecule has 3 unspecified atom stereocenters. The van der Waals surface area contributed by atoms with Crippen LogP contribution in [0.3, 0.4) is 0 Å². The highest BCUT2D eigenvalue weighted by molar-refractivity contribution is 5.80. The van der Waals surface area contributed by atoms with Gasteiger partial charge in [-0.25, -0.2) is 0 Å². The first-order valence-electron chi connectivity index (χ1n) is 19.0. The van der Waals surface area contributed by atoms with E-state index in [0.29, 0.717) is 17.8 Å². The highest BCUT2D eigenvalue weighted by Gasteiger charge is 2.37. The zero-order chi connectivity index (χ0) is 34.1. The predicted molar refractivity (Wildman–Crippen MR) is 214 cm³/mol. The van der Waals surface area contributed by atoms with E-state index in [2.05, 4.69) is 175 Å². The number of hydrogen-bond donors (Lipinski definition) is 0. The summed E-state index contributed by atoms with van der Waals surface area (Å²) in [5, 5.41) is 0. The third-order valence-corrected chi connectivity index (χ3v) is 11.5. The molecule has 252 valence electrons. The standard InChI is InChI=1S/C49H46N2/c1-35-11-10-16-44(33-35)50(42-27-23-40(24-28-42)37-14-6-3-7-15-37)45-31-32-47-46-17-8-9-18-48(46)51(49(47)34-45)43-29-25-41(26-30-43)39-21-19-38(20-22-39)36-12-4-2-5-13-36/h2-4,6-10,14-23,25-27,29-31,33-36,47H,5,11-13,24,28,32H2,1H3. The van der Waals surface area contributed by atoms with Crippen molar-refractivity contribution >= 4 is 16.9 Å². The highest BCUT2D eigenvalue weighted by atomic mass is 15.2. The monoisotopic (exact) mass is 662 g/mol. The number of benzene rings is 4. The second-order valence-electron chi connectivity index (χ2n) is 14.8. The van der Waals surface area contributed by atoms with Crippen LogP contribution in [0.4, 0.5) is 11.4 Å². The highest BCUT2D eigenvalue weighted by Crippen LogP contribution is 2.52. The van der Waals surface area contributed by atoms with Crippen LogP contribution in [0.5, 0.6) is 0 Å². The van der Waals surface area contributed by atoms with E-state index in [0.717, 1.165) is 32.1 Å². The number of fused-ring (bicyclic) bond motifs is 3. The summed E-state index contributed by atoms with van der Waals surface area (Å²) in [5.41, 5.74) is 16.0. The van der Waals surface area contributed by atoms with Gasteiger partial charge < -0.3 is 9.80 Å². The van der Waals surface area contributed by atoms with Gasteiger partial charge in [-0.3, -0.25) is 0 Å². The molecule has 4 aromatic carbocycles. The maximum atomic E-state index is 2.55. The number of para-hydroxylation sites is 1. The predicted octanol–water partition coefficient (Wildman–Crippen LogP) is 13.1. The minimum atomic E-state index is 0.341. The smallest absolute Gasteiger partial charge is 0.0497 e. The third kappa shape index (κ3) is 6.18. The molecular formula is C49H46N2. The molecule has 1 heterocycles. The molecule has 0 saturated heterocycles. The molecule has 5 aliphatic rings. The van der Waals surface area contributed by atoms with Crippen molar-refractivity contribution in [3.8, 4) is 11.1 Å². The lowest BCUT2D eigenvalue weighted by Crippen LogP contribution is -2.26. The average molecular weight is 663 g/mol. The number of rotatable bonds is 7. The lowest BCUT2D eigenvalue weighted by atomic mass is 9.87. The molecule has 3 atom stereocenters. The molecular weight excluding hydrogens is 617 g/mol. The summed E-state index contributed by atoms with van der Waals surface area (Å²) in [6.07, 6.45) is 29.2. The van der Waals surface area contributed by atoms with Crippen molar-refractivity contribution < 1.29 is 0 Å². The lowest BCUT2D eigenvalue weighted by Gasteiger charge is -2.36. The first-order chi connectivity index (χ1) is 25.2.